The number of fused-ring (bicyclic) bond motifs is 2. The third kappa shape index (κ3) is 2.24. The molecule has 0 saturated heterocycles. The number of hydrogen-bond acceptors (Lipinski definition) is 5. The minimum Gasteiger partial charge on any atom is -0.423 e. The van der Waals surface area contributed by atoms with Crippen LogP contribution in [0.1, 0.15) is 5.56 Å². The summed E-state index contributed by atoms with van der Waals surface area (Å²) in [5.41, 5.74) is 3.58. The van der Waals surface area contributed by atoms with Gasteiger partial charge >= 0.3 is 6.01 Å². The molecule has 0 fully saturated rings. The Kier molecular flexibility index (Phi) is 2.83. The van der Waals surface area contributed by atoms with Crippen molar-refractivity contribution in [2.24, 2.45) is 0 Å². The summed E-state index contributed by atoms with van der Waals surface area (Å²) in [4.78, 5) is 8.94. The van der Waals surface area contributed by atoms with Crippen molar-refractivity contribution >= 4 is 55.4 Å². The molecule has 4 rings (SSSR count). The van der Waals surface area contributed by atoms with E-state index in [0.717, 1.165) is 26.4 Å². The van der Waals surface area contributed by atoms with Gasteiger partial charge in [-0.25, -0.2) is 4.98 Å². The molecular weight excluding hydrogens is 306 g/mol. The lowest BCUT2D eigenvalue weighted by Crippen LogP contribution is -1.88. The number of oxazole rings is 1. The number of nitrogens with one attached hydrogen (secondary N) is 1. The van der Waals surface area contributed by atoms with Crippen LogP contribution in [0.4, 0.5) is 11.1 Å². The molecule has 0 aliphatic carbocycles. The highest BCUT2D eigenvalue weighted by molar-refractivity contribution is 7.22. The van der Waals surface area contributed by atoms with Gasteiger partial charge < -0.3 is 4.42 Å². The number of rotatable bonds is 2. The topological polar surface area (TPSA) is 51.0 Å². The van der Waals surface area contributed by atoms with E-state index in [2.05, 4.69) is 21.4 Å². The Morgan fingerprint density at radius 3 is 2.95 bits per heavy atom. The number of para-hydroxylation sites is 1. The standard InChI is InChI=1S/C15H10ClN3OS/c1-8-3-2-4-12-13(8)18-15(21-12)19-14-17-10-7-9(16)5-6-11(10)20-14/h2-7H,1H3,(H,17,18,19). The third-order valence-corrected chi connectivity index (χ3v) is 4.36. The SMILES string of the molecule is Cc1cccc2sc(Nc3nc4cc(Cl)ccc4o3)nc12. The normalized spacial score (nSPS) is 11.3. The first kappa shape index (κ1) is 12.6. The van der Waals surface area contributed by atoms with E-state index >= 15 is 0 Å². The summed E-state index contributed by atoms with van der Waals surface area (Å²) in [5.74, 6) is 0. The Hall–Kier alpha value is -2.11. The summed E-state index contributed by atoms with van der Waals surface area (Å²) < 4.78 is 6.77. The number of halogens is 1. The minimum atomic E-state index is 0.420. The largest absolute Gasteiger partial charge is 0.423 e. The maximum absolute atomic E-state index is 5.95. The van der Waals surface area contributed by atoms with Crippen molar-refractivity contribution in [1.29, 1.82) is 0 Å². The number of aryl methyl sites for hydroxylation is 1. The van der Waals surface area contributed by atoms with Crippen LogP contribution in [0, 0.1) is 6.92 Å². The molecular formula is C15H10ClN3OS. The molecule has 0 amide bonds. The number of thiazole rings is 1. The van der Waals surface area contributed by atoms with Crippen LogP contribution in [0.2, 0.25) is 5.02 Å². The molecule has 6 heteroatoms. The fourth-order valence-corrected chi connectivity index (χ4v) is 3.29. The van der Waals surface area contributed by atoms with Gasteiger partial charge in [-0.15, -0.1) is 0 Å². The second kappa shape index (κ2) is 4.72. The lowest BCUT2D eigenvalue weighted by atomic mass is 10.2. The molecule has 0 bridgehead atoms. The third-order valence-electron chi connectivity index (χ3n) is 3.18. The van der Waals surface area contributed by atoms with E-state index in [1.165, 1.54) is 0 Å². The zero-order valence-corrected chi connectivity index (χ0v) is 12.6. The monoisotopic (exact) mass is 315 g/mol. The molecule has 4 aromatic rings. The number of hydrogen-bond donors (Lipinski definition) is 1. The summed E-state index contributed by atoms with van der Waals surface area (Å²) in [6.45, 7) is 2.05. The lowest BCUT2D eigenvalue weighted by molar-refractivity contribution is 0.623. The second-order valence-electron chi connectivity index (χ2n) is 4.70. The Morgan fingerprint density at radius 2 is 2.10 bits per heavy atom. The van der Waals surface area contributed by atoms with Crippen molar-refractivity contribution in [3.05, 3.63) is 47.0 Å². The van der Waals surface area contributed by atoms with E-state index in [-0.39, 0.29) is 0 Å². The van der Waals surface area contributed by atoms with Gasteiger partial charge in [0.05, 0.1) is 10.2 Å². The highest BCUT2D eigenvalue weighted by Gasteiger charge is 2.10. The summed E-state index contributed by atoms with van der Waals surface area (Å²) in [6, 6.07) is 11.9. The van der Waals surface area contributed by atoms with Crippen molar-refractivity contribution in [1.82, 2.24) is 9.97 Å². The maximum atomic E-state index is 5.95. The number of benzene rings is 2. The molecule has 0 unspecified atom stereocenters. The molecule has 2 heterocycles. The van der Waals surface area contributed by atoms with Crippen LogP contribution < -0.4 is 5.32 Å². The van der Waals surface area contributed by atoms with Crippen LogP contribution in [0.25, 0.3) is 21.3 Å². The van der Waals surface area contributed by atoms with E-state index in [9.17, 15) is 0 Å². The molecule has 2 aromatic heterocycles. The van der Waals surface area contributed by atoms with Gasteiger partial charge in [0.1, 0.15) is 5.52 Å². The Bertz CT molecular complexity index is 960. The van der Waals surface area contributed by atoms with Gasteiger partial charge in [0.2, 0.25) is 0 Å². The predicted octanol–water partition coefficient (Wildman–Crippen LogP) is 5.14. The molecule has 21 heavy (non-hydrogen) atoms. The van der Waals surface area contributed by atoms with E-state index in [4.69, 9.17) is 16.0 Å². The van der Waals surface area contributed by atoms with Crippen molar-refractivity contribution in [3.8, 4) is 0 Å². The summed E-state index contributed by atoms with van der Waals surface area (Å²) >= 11 is 7.52. The fraction of sp³-hybridized carbons (Fsp3) is 0.0667. The summed E-state index contributed by atoms with van der Waals surface area (Å²) in [5, 5.41) is 4.51. The highest BCUT2D eigenvalue weighted by atomic mass is 35.5. The van der Waals surface area contributed by atoms with Crippen LogP contribution in [0.3, 0.4) is 0 Å². The van der Waals surface area contributed by atoms with Crippen LogP contribution in [-0.2, 0) is 0 Å². The van der Waals surface area contributed by atoms with E-state index in [0.29, 0.717) is 16.6 Å². The zero-order chi connectivity index (χ0) is 14.4. The summed E-state index contributed by atoms with van der Waals surface area (Å²) in [6.07, 6.45) is 0. The smallest absolute Gasteiger partial charge is 0.302 e. The van der Waals surface area contributed by atoms with Crippen LogP contribution >= 0.6 is 22.9 Å². The first-order valence-electron chi connectivity index (χ1n) is 6.38. The Morgan fingerprint density at radius 1 is 1.19 bits per heavy atom. The molecule has 0 aliphatic heterocycles. The van der Waals surface area contributed by atoms with Crippen molar-refractivity contribution in [2.75, 3.05) is 5.32 Å². The first-order valence-corrected chi connectivity index (χ1v) is 7.58. The maximum Gasteiger partial charge on any atom is 0.302 e. The fourth-order valence-electron chi connectivity index (χ4n) is 2.19. The van der Waals surface area contributed by atoms with E-state index < -0.39 is 0 Å². The molecule has 0 aliphatic rings. The quantitative estimate of drug-likeness (QED) is 0.556. The average molecular weight is 316 g/mol. The number of nitrogens with zero attached hydrogens (tertiary/aromatic N) is 2. The molecule has 4 nitrogen and oxygen atoms in total. The van der Waals surface area contributed by atoms with Gasteiger partial charge in [-0.1, -0.05) is 35.1 Å². The van der Waals surface area contributed by atoms with Crippen LogP contribution in [0.5, 0.6) is 0 Å². The molecule has 0 saturated carbocycles. The highest BCUT2D eigenvalue weighted by Crippen LogP contribution is 2.31. The van der Waals surface area contributed by atoms with Crippen molar-refractivity contribution in [3.63, 3.8) is 0 Å². The van der Waals surface area contributed by atoms with Gasteiger partial charge in [-0.2, -0.15) is 4.98 Å². The molecule has 2 aromatic carbocycles. The number of aromatic nitrogens is 2. The average Bonchev–Trinajstić information content (AvgIpc) is 3.02. The van der Waals surface area contributed by atoms with E-state index in [1.807, 2.05) is 19.1 Å². The second-order valence-corrected chi connectivity index (χ2v) is 6.16. The minimum absolute atomic E-state index is 0.420. The molecule has 0 radical (unpaired) electrons. The van der Waals surface area contributed by atoms with Gasteiger partial charge in [-0.05, 0) is 36.8 Å². The van der Waals surface area contributed by atoms with Gasteiger partial charge in [0.15, 0.2) is 10.7 Å². The van der Waals surface area contributed by atoms with Crippen LogP contribution in [0.15, 0.2) is 40.8 Å². The molecule has 0 spiro atoms. The number of anilines is 2. The van der Waals surface area contributed by atoms with Gasteiger partial charge in [0, 0.05) is 5.02 Å². The van der Waals surface area contributed by atoms with E-state index in [1.54, 1.807) is 29.5 Å². The van der Waals surface area contributed by atoms with Gasteiger partial charge in [0.25, 0.3) is 0 Å². The lowest BCUT2D eigenvalue weighted by Gasteiger charge is -1.93. The molecule has 1 N–H and O–H groups in total. The van der Waals surface area contributed by atoms with Crippen LogP contribution in [-0.4, -0.2) is 9.97 Å². The molecule has 0 atom stereocenters. The zero-order valence-electron chi connectivity index (χ0n) is 11.1. The van der Waals surface area contributed by atoms with Gasteiger partial charge in [-0.3, -0.25) is 5.32 Å². The van der Waals surface area contributed by atoms with Crippen molar-refractivity contribution < 1.29 is 4.42 Å². The Labute approximate surface area is 129 Å². The Balaban J connectivity index is 1.73. The summed E-state index contributed by atoms with van der Waals surface area (Å²) in [7, 11) is 0. The predicted molar refractivity (Wildman–Crippen MR) is 86.7 cm³/mol. The van der Waals surface area contributed by atoms with Crippen molar-refractivity contribution in [2.45, 2.75) is 6.92 Å². The first-order chi connectivity index (χ1) is 10.2. The molecule has 104 valence electrons.